The highest BCUT2D eigenvalue weighted by Gasteiger charge is 2.40. The monoisotopic (exact) mass is 401 g/mol. The molecule has 152 valence electrons. The molecule has 2 heterocycles. The third-order valence-corrected chi connectivity index (χ3v) is 7.78. The third kappa shape index (κ3) is 4.23. The lowest BCUT2D eigenvalue weighted by Crippen LogP contribution is -2.51. The Hall–Kier alpha value is -1.53. The molecule has 0 bridgehead atoms. The third-order valence-electron chi connectivity index (χ3n) is 6.14. The Labute approximate surface area is 172 Å². The van der Waals surface area contributed by atoms with Gasteiger partial charge in [-0.2, -0.15) is 0 Å². The zero-order valence-corrected chi connectivity index (χ0v) is 17.8. The van der Waals surface area contributed by atoms with Crippen LogP contribution in [0.4, 0.5) is 0 Å². The Morgan fingerprint density at radius 3 is 2.36 bits per heavy atom. The second-order valence-electron chi connectivity index (χ2n) is 8.27. The van der Waals surface area contributed by atoms with E-state index in [4.69, 9.17) is 0 Å². The largest absolute Gasteiger partial charge is 0.340 e. The number of aryl methyl sites for hydroxylation is 1. The van der Waals surface area contributed by atoms with Gasteiger partial charge in [-0.25, -0.2) is 0 Å². The molecule has 5 nitrogen and oxygen atoms in total. The van der Waals surface area contributed by atoms with Gasteiger partial charge in [-0.15, -0.1) is 11.8 Å². The predicted molar refractivity (Wildman–Crippen MR) is 113 cm³/mol. The van der Waals surface area contributed by atoms with E-state index in [9.17, 15) is 9.59 Å². The van der Waals surface area contributed by atoms with Gasteiger partial charge in [-0.3, -0.25) is 14.5 Å². The molecule has 1 aromatic rings. The van der Waals surface area contributed by atoms with Crippen LogP contribution in [0.3, 0.4) is 0 Å². The number of hydrogen-bond acceptors (Lipinski definition) is 4. The molecule has 2 aliphatic heterocycles. The van der Waals surface area contributed by atoms with Crippen molar-refractivity contribution in [3.05, 3.63) is 35.4 Å². The van der Waals surface area contributed by atoms with Crippen LogP contribution in [0.5, 0.6) is 0 Å². The summed E-state index contributed by atoms with van der Waals surface area (Å²) in [6, 6.07) is 8.59. The van der Waals surface area contributed by atoms with E-state index in [2.05, 4.69) is 47.9 Å². The maximum Gasteiger partial charge on any atom is 0.236 e. The zero-order valence-electron chi connectivity index (χ0n) is 17.0. The average Bonchev–Trinajstić information content (AvgIpc) is 3.51. The summed E-state index contributed by atoms with van der Waals surface area (Å²) < 4.78 is 0. The summed E-state index contributed by atoms with van der Waals surface area (Å²) in [7, 11) is 0. The maximum absolute atomic E-state index is 12.9. The maximum atomic E-state index is 12.9. The molecule has 1 aromatic carbocycles. The van der Waals surface area contributed by atoms with Crippen molar-refractivity contribution in [3.8, 4) is 0 Å². The number of piperazine rings is 1. The van der Waals surface area contributed by atoms with Crippen LogP contribution in [0.15, 0.2) is 24.3 Å². The molecule has 4 rings (SSSR count). The highest BCUT2D eigenvalue weighted by atomic mass is 32.2. The molecule has 0 radical (unpaired) electrons. The molecule has 2 atom stereocenters. The van der Waals surface area contributed by atoms with Gasteiger partial charge in [-0.05, 0) is 31.7 Å². The quantitative estimate of drug-likeness (QED) is 0.735. The number of hydrogen-bond donors (Lipinski definition) is 0. The van der Waals surface area contributed by atoms with E-state index < -0.39 is 0 Å². The molecule has 1 saturated carbocycles. The van der Waals surface area contributed by atoms with Crippen LogP contribution in [0.2, 0.25) is 0 Å². The molecule has 0 spiro atoms. The summed E-state index contributed by atoms with van der Waals surface area (Å²) in [5.74, 6) is 0.948. The standard InChI is InChI=1S/C22H31N3O2S/c1-3-19-21(27)25(22(28-19)18-6-4-16(2)5-7-18)15-12-23-10-13-24(14-11-23)20(26)17-8-9-17/h4-7,17,19,22H,3,8-15H2,1-2H3/t19-,22+/m1/s1. The van der Waals surface area contributed by atoms with Crippen LogP contribution in [-0.4, -0.2) is 71.0 Å². The minimum Gasteiger partial charge on any atom is -0.340 e. The van der Waals surface area contributed by atoms with Gasteiger partial charge in [0.15, 0.2) is 0 Å². The van der Waals surface area contributed by atoms with Gasteiger partial charge in [-0.1, -0.05) is 36.8 Å². The van der Waals surface area contributed by atoms with Crippen LogP contribution in [0, 0.1) is 12.8 Å². The first-order valence-electron chi connectivity index (χ1n) is 10.6. The Morgan fingerprint density at radius 1 is 1.07 bits per heavy atom. The normalized spacial score (nSPS) is 26.1. The van der Waals surface area contributed by atoms with Gasteiger partial charge in [0.05, 0.1) is 5.25 Å². The molecular weight excluding hydrogens is 370 g/mol. The fourth-order valence-electron chi connectivity index (χ4n) is 4.11. The highest BCUT2D eigenvalue weighted by Crippen LogP contribution is 2.44. The van der Waals surface area contributed by atoms with Crippen molar-refractivity contribution in [3.63, 3.8) is 0 Å². The molecule has 0 N–H and O–H groups in total. The average molecular weight is 402 g/mol. The molecule has 3 fully saturated rings. The van der Waals surface area contributed by atoms with Gasteiger partial charge in [0.2, 0.25) is 11.8 Å². The molecule has 2 amide bonds. The van der Waals surface area contributed by atoms with Crippen molar-refractivity contribution in [2.24, 2.45) is 5.92 Å². The predicted octanol–water partition coefficient (Wildman–Crippen LogP) is 2.90. The van der Waals surface area contributed by atoms with Crippen LogP contribution >= 0.6 is 11.8 Å². The summed E-state index contributed by atoms with van der Waals surface area (Å²) in [4.78, 5) is 31.7. The summed E-state index contributed by atoms with van der Waals surface area (Å²) in [6.45, 7) is 9.33. The van der Waals surface area contributed by atoms with E-state index in [1.807, 2.05) is 4.90 Å². The zero-order chi connectivity index (χ0) is 19.7. The molecule has 0 aromatic heterocycles. The van der Waals surface area contributed by atoms with Crippen LogP contribution in [0.1, 0.15) is 42.7 Å². The van der Waals surface area contributed by atoms with Gasteiger partial charge >= 0.3 is 0 Å². The Balaban J connectivity index is 1.34. The lowest BCUT2D eigenvalue weighted by molar-refractivity contribution is -0.134. The molecule has 2 saturated heterocycles. The number of carbonyl (C=O) groups excluding carboxylic acids is 2. The van der Waals surface area contributed by atoms with Crippen molar-refractivity contribution >= 4 is 23.6 Å². The minimum absolute atomic E-state index is 0.0688. The van der Waals surface area contributed by atoms with Crippen LogP contribution < -0.4 is 0 Å². The van der Waals surface area contributed by atoms with Crippen molar-refractivity contribution in [1.29, 1.82) is 0 Å². The molecule has 3 aliphatic rings. The fourth-order valence-corrected chi connectivity index (χ4v) is 5.53. The minimum atomic E-state index is 0.0688. The van der Waals surface area contributed by atoms with E-state index in [0.29, 0.717) is 11.8 Å². The second kappa shape index (κ2) is 8.46. The first-order valence-corrected chi connectivity index (χ1v) is 11.5. The number of benzene rings is 1. The van der Waals surface area contributed by atoms with Gasteiger partial charge in [0, 0.05) is 45.2 Å². The summed E-state index contributed by atoms with van der Waals surface area (Å²) in [5, 5.41) is 0.190. The lowest BCUT2D eigenvalue weighted by atomic mass is 10.1. The van der Waals surface area contributed by atoms with Crippen LogP contribution in [-0.2, 0) is 9.59 Å². The highest BCUT2D eigenvalue weighted by molar-refractivity contribution is 8.01. The van der Waals surface area contributed by atoms with E-state index in [1.165, 1.54) is 11.1 Å². The Morgan fingerprint density at radius 2 is 1.75 bits per heavy atom. The van der Waals surface area contributed by atoms with Gasteiger partial charge in [0.25, 0.3) is 0 Å². The molecule has 0 unspecified atom stereocenters. The first-order chi connectivity index (χ1) is 13.6. The van der Waals surface area contributed by atoms with Crippen LogP contribution in [0.25, 0.3) is 0 Å². The van der Waals surface area contributed by atoms with Gasteiger partial charge in [0.1, 0.15) is 5.37 Å². The number of thioether (sulfide) groups is 1. The Bertz CT molecular complexity index is 711. The number of amides is 2. The number of rotatable bonds is 6. The molecular formula is C22H31N3O2S. The topological polar surface area (TPSA) is 43.9 Å². The Kier molecular flexibility index (Phi) is 5.97. The lowest BCUT2D eigenvalue weighted by Gasteiger charge is -2.36. The second-order valence-corrected chi connectivity index (χ2v) is 9.56. The first kappa shape index (κ1) is 19.8. The van der Waals surface area contributed by atoms with Crippen molar-refractivity contribution in [1.82, 2.24) is 14.7 Å². The molecule has 6 heteroatoms. The summed E-state index contributed by atoms with van der Waals surface area (Å²) in [6.07, 6.45) is 3.03. The summed E-state index contributed by atoms with van der Waals surface area (Å²) in [5.41, 5.74) is 2.47. The van der Waals surface area contributed by atoms with E-state index >= 15 is 0 Å². The van der Waals surface area contributed by atoms with Crippen molar-refractivity contribution < 1.29 is 9.59 Å². The molecule has 28 heavy (non-hydrogen) atoms. The van der Waals surface area contributed by atoms with Crippen molar-refractivity contribution in [2.75, 3.05) is 39.3 Å². The SMILES string of the molecule is CC[C@H]1S[C@@H](c2ccc(C)cc2)N(CCN2CCN(C(=O)C3CC3)CC2)C1=O. The van der Waals surface area contributed by atoms with E-state index in [-0.39, 0.29) is 16.5 Å². The van der Waals surface area contributed by atoms with E-state index in [1.54, 1.807) is 11.8 Å². The number of nitrogens with zero attached hydrogens (tertiary/aromatic N) is 3. The smallest absolute Gasteiger partial charge is 0.236 e. The van der Waals surface area contributed by atoms with E-state index in [0.717, 1.165) is 58.5 Å². The number of carbonyl (C=O) groups is 2. The summed E-state index contributed by atoms with van der Waals surface area (Å²) >= 11 is 1.79. The van der Waals surface area contributed by atoms with Gasteiger partial charge < -0.3 is 9.80 Å². The van der Waals surface area contributed by atoms with Crippen molar-refractivity contribution in [2.45, 2.75) is 43.7 Å². The molecule has 1 aliphatic carbocycles. The fraction of sp³-hybridized carbons (Fsp3) is 0.636.